The molecule has 2 atom stereocenters. The SMILES string of the molecule is CCOC(=O)C(Cc1cccc(CN)c1)C(CCc1ccccc1)NC(=O)C1=CCCC=C1. The number of allylic oxidation sites excluding steroid dienone is 2. The predicted octanol–water partition coefficient (Wildman–Crippen LogP) is 4.26. The van der Waals surface area contributed by atoms with Gasteiger partial charge >= 0.3 is 5.97 Å². The molecule has 1 aliphatic carbocycles. The molecule has 2 aromatic rings. The molecular formula is C28H34N2O3. The van der Waals surface area contributed by atoms with E-state index in [9.17, 15) is 9.59 Å². The largest absolute Gasteiger partial charge is 0.466 e. The van der Waals surface area contributed by atoms with Gasteiger partial charge in [-0.05, 0) is 55.7 Å². The fraction of sp³-hybridized carbons (Fsp3) is 0.357. The minimum atomic E-state index is -0.501. The van der Waals surface area contributed by atoms with Gasteiger partial charge in [-0.2, -0.15) is 0 Å². The Morgan fingerprint density at radius 1 is 1.03 bits per heavy atom. The van der Waals surface area contributed by atoms with Gasteiger partial charge in [0.05, 0.1) is 12.5 Å². The molecule has 0 aliphatic heterocycles. The average molecular weight is 447 g/mol. The molecule has 0 spiro atoms. The van der Waals surface area contributed by atoms with Gasteiger partial charge in [-0.15, -0.1) is 0 Å². The molecular weight excluding hydrogens is 412 g/mol. The number of rotatable bonds is 11. The summed E-state index contributed by atoms with van der Waals surface area (Å²) in [7, 11) is 0. The molecule has 0 radical (unpaired) electrons. The van der Waals surface area contributed by atoms with Gasteiger partial charge in [0.1, 0.15) is 0 Å². The van der Waals surface area contributed by atoms with E-state index in [1.54, 1.807) is 6.92 Å². The highest BCUT2D eigenvalue weighted by molar-refractivity contribution is 5.96. The average Bonchev–Trinajstić information content (AvgIpc) is 2.86. The van der Waals surface area contributed by atoms with E-state index in [-0.39, 0.29) is 17.9 Å². The van der Waals surface area contributed by atoms with Crippen LogP contribution in [0.25, 0.3) is 0 Å². The third-order valence-electron chi connectivity index (χ3n) is 5.92. The van der Waals surface area contributed by atoms with Gasteiger partial charge in [0, 0.05) is 18.2 Å². The summed E-state index contributed by atoms with van der Waals surface area (Å²) in [6.07, 6.45) is 9.46. The van der Waals surface area contributed by atoms with Crippen LogP contribution in [0.4, 0.5) is 0 Å². The second-order valence-electron chi connectivity index (χ2n) is 8.33. The second kappa shape index (κ2) is 12.8. The standard InChI is InChI=1S/C28H34N2O3/c1-2-33-28(32)25(19-22-12-9-13-23(18-22)20-29)26(17-16-21-10-5-3-6-11-21)30-27(31)24-14-7-4-8-15-24/h3,5-7,9-15,18,25-26H,2,4,8,16-17,19-20,29H2,1H3,(H,30,31). The number of carbonyl (C=O) groups is 2. The van der Waals surface area contributed by atoms with Crippen molar-refractivity contribution in [2.45, 2.75) is 51.6 Å². The lowest BCUT2D eigenvalue weighted by atomic mass is 9.87. The van der Waals surface area contributed by atoms with Crippen LogP contribution in [0.5, 0.6) is 0 Å². The van der Waals surface area contributed by atoms with Crippen LogP contribution in [0.1, 0.15) is 42.9 Å². The number of amides is 1. The summed E-state index contributed by atoms with van der Waals surface area (Å²) in [5.41, 5.74) is 9.65. The zero-order valence-corrected chi connectivity index (χ0v) is 19.3. The van der Waals surface area contributed by atoms with Crippen molar-refractivity contribution in [3.63, 3.8) is 0 Å². The lowest BCUT2D eigenvalue weighted by Crippen LogP contribution is -2.45. The minimum Gasteiger partial charge on any atom is -0.466 e. The van der Waals surface area contributed by atoms with E-state index in [0.29, 0.717) is 31.6 Å². The van der Waals surface area contributed by atoms with Crippen LogP contribution >= 0.6 is 0 Å². The number of nitrogens with two attached hydrogens (primary N) is 1. The van der Waals surface area contributed by atoms with Crippen molar-refractivity contribution < 1.29 is 14.3 Å². The maximum atomic E-state index is 13.1. The molecule has 5 nitrogen and oxygen atoms in total. The van der Waals surface area contributed by atoms with Gasteiger partial charge in [-0.25, -0.2) is 0 Å². The number of carbonyl (C=O) groups excluding carboxylic acids is 2. The Bertz CT molecular complexity index is 982. The van der Waals surface area contributed by atoms with Gasteiger partial charge in [0.2, 0.25) is 0 Å². The van der Waals surface area contributed by atoms with E-state index in [0.717, 1.165) is 30.4 Å². The van der Waals surface area contributed by atoms with E-state index < -0.39 is 5.92 Å². The molecule has 174 valence electrons. The molecule has 0 saturated heterocycles. The maximum Gasteiger partial charge on any atom is 0.311 e. The Hall–Kier alpha value is -3.18. The van der Waals surface area contributed by atoms with E-state index in [1.165, 1.54) is 5.56 Å². The van der Waals surface area contributed by atoms with Crippen molar-refractivity contribution >= 4 is 11.9 Å². The number of hydrogen-bond acceptors (Lipinski definition) is 4. The first-order valence-corrected chi connectivity index (χ1v) is 11.8. The number of ether oxygens (including phenoxy) is 1. The normalized spacial score (nSPS) is 14.8. The van der Waals surface area contributed by atoms with Crippen LogP contribution in [-0.2, 0) is 33.7 Å². The van der Waals surface area contributed by atoms with E-state index in [1.807, 2.05) is 60.7 Å². The Morgan fingerprint density at radius 3 is 2.48 bits per heavy atom. The maximum absolute atomic E-state index is 13.1. The van der Waals surface area contributed by atoms with E-state index in [2.05, 4.69) is 17.4 Å². The molecule has 0 fully saturated rings. The Labute approximate surface area is 196 Å². The summed E-state index contributed by atoms with van der Waals surface area (Å²) in [6, 6.07) is 17.7. The van der Waals surface area contributed by atoms with Crippen LogP contribution in [0.15, 0.2) is 78.4 Å². The Kier molecular flexibility index (Phi) is 9.45. The fourth-order valence-electron chi connectivity index (χ4n) is 4.15. The van der Waals surface area contributed by atoms with Crippen LogP contribution in [0, 0.1) is 5.92 Å². The number of hydrogen-bond donors (Lipinski definition) is 2. The zero-order chi connectivity index (χ0) is 23.5. The van der Waals surface area contributed by atoms with Crippen LogP contribution in [0.2, 0.25) is 0 Å². The summed E-state index contributed by atoms with van der Waals surface area (Å²) in [4.78, 5) is 26.1. The molecule has 2 aromatic carbocycles. The molecule has 0 saturated carbocycles. The molecule has 0 bridgehead atoms. The highest BCUT2D eigenvalue weighted by Crippen LogP contribution is 2.21. The van der Waals surface area contributed by atoms with E-state index in [4.69, 9.17) is 10.5 Å². The first kappa shape index (κ1) is 24.5. The first-order valence-electron chi connectivity index (χ1n) is 11.8. The van der Waals surface area contributed by atoms with Gasteiger partial charge in [-0.1, -0.05) is 72.8 Å². The topological polar surface area (TPSA) is 81.4 Å². The number of nitrogens with one attached hydrogen (secondary N) is 1. The molecule has 5 heteroatoms. The van der Waals surface area contributed by atoms with Crippen LogP contribution in [0.3, 0.4) is 0 Å². The summed E-state index contributed by atoms with van der Waals surface area (Å²) in [5, 5.41) is 3.16. The van der Waals surface area contributed by atoms with Crippen molar-refractivity contribution in [2.24, 2.45) is 11.7 Å². The van der Waals surface area contributed by atoms with Crippen molar-refractivity contribution in [1.82, 2.24) is 5.32 Å². The van der Waals surface area contributed by atoms with Crippen molar-refractivity contribution in [3.8, 4) is 0 Å². The number of aryl methyl sites for hydroxylation is 1. The third kappa shape index (κ3) is 7.43. The predicted molar refractivity (Wildman–Crippen MR) is 131 cm³/mol. The molecule has 1 aliphatic rings. The van der Waals surface area contributed by atoms with E-state index >= 15 is 0 Å². The lowest BCUT2D eigenvalue weighted by Gasteiger charge is -2.27. The summed E-state index contributed by atoms with van der Waals surface area (Å²) >= 11 is 0. The second-order valence-corrected chi connectivity index (χ2v) is 8.33. The van der Waals surface area contributed by atoms with Crippen molar-refractivity contribution in [1.29, 1.82) is 0 Å². The number of esters is 1. The smallest absolute Gasteiger partial charge is 0.311 e. The highest BCUT2D eigenvalue weighted by Gasteiger charge is 2.31. The third-order valence-corrected chi connectivity index (χ3v) is 5.92. The summed E-state index contributed by atoms with van der Waals surface area (Å²) in [6.45, 7) is 2.54. The highest BCUT2D eigenvalue weighted by atomic mass is 16.5. The monoisotopic (exact) mass is 446 g/mol. The molecule has 0 aromatic heterocycles. The van der Waals surface area contributed by atoms with Gasteiger partial charge in [-0.3, -0.25) is 9.59 Å². The number of benzene rings is 2. The van der Waals surface area contributed by atoms with Gasteiger partial charge < -0.3 is 15.8 Å². The lowest BCUT2D eigenvalue weighted by molar-refractivity contribution is -0.149. The van der Waals surface area contributed by atoms with Gasteiger partial charge in [0.25, 0.3) is 5.91 Å². The Morgan fingerprint density at radius 2 is 1.79 bits per heavy atom. The molecule has 1 amide bonds. The molecule has 2 unspecified atom stereocenters. The van der Waals surface area contributed by atoms with Crippen molar-refractivity contribution in [3.05, 3.63) is 95.1 Å². The molecule has 3 rings (SSSR count). The van der Waals surface area contributed by atoms with Crippen molar-refractivity contribution in [2.75, 3.05) is 6.61 Å². The molecule has 3 N–H and O–H groups in total. The fourth-order valence-corrected chi connectivity index (χ4v) is 4.15. The van der Waals surface area contributed by atoms with Gasteiger partial charge in [0.15, 0.2) is 0 Å². The van der Waals surface area contributed by atoms with Crippen LogP contribution < -0.4 is 11.1 Å². The minimum absolute atomic E-state index is 0.144. The molecule has 33 heavy (non-hydrogen) atoms. The Balaban J connectivity index is 1.86. The van der Waals surface area contributed by atoms with Crippen LogP contribution in [-0.4, -0.2) is 24.5 Å². The first-order chi connectivity index (χ1) is 16.1. The summed E-state index contributed by atoms with van der Waals surface area (Å²) in [5.74, 6) is -0.935. The molecule has 0 heterocycles. The zero-order valence-electron chi connectivity index (χ0n) is 19.3. The quantitative estimate of drug-likeness (QED) is 0.505. The summed E-state index contributed by atoms with van der Waals surface area (Å²) < 4.78 is 5.45.